The highest BCUT2D eigenvalue weighted by molar-refractivity contribution is 5.82. The van der Waals surface area contributed by atoms with Crippen LogP contribution in [0.5, 0.6) is 0 Å². The second-order valence-corrected chi connectivity index (χ2v) is 7.21. The molecular formula is C20H26N6. The van der Waals surface area contributed by atoms with Crippen molar-refractivity contribution in [3.63, 3.8) is 0 Å². The van der Waals surface area contributed by atoms with Gasteiger partial charge in [0, 0.05) is 31.0 Å². The summed E-state index contributed by atoms with van der Waals surface area (Å²) in [6.07, 6.45) is 2.39. The molecule has 0 bridgehead atoms. The van der Waals surface area contributed by atoms with Gasteiger partial charge in [-0.25, -0.2) is 9.97 Å². The molecule has 4 rings (SSSR count). The Balaban J connectivity index is 1.56. The van der Waals surface area contributed by atoms with E-state index in [2.05, 4.69) is 56.9 Å². The van der Waals surface area contributed by atoms with Crippen molar-refractivity contribution in [3.8, 4) is 0 Å². The van der Waals surface area contributed by atoms with Crippen molar-refractivity contribution >= 4 is 16.7 Å². The van der Waals surface area contributed by atoms with Crippen LogP contribution in [0.2, 0.25) is 0 Å². The van der Waals surface area contributed by atoms with E-state index in [4.69, 9.17) is 0 Å². The minimum Gasteiger partial charge on any atom is -0.364 e. The summed E-state index contributed by atoms with van der Waals surface area (Å²) in [4.78, 5) is 9.24. The first-order valence-electron chi connectivity index (χ1n) is 9.32. The number of hydrogen-bond acceptors (Lipinski definition) is 5. The maximum Gasteiger partial charge on any atom is 0.130 e. The maximum atomic E-state index is 4.68. The van der Waals surface area contributed by atoms with Gasteiger partial charge in [-0.3, -0.25) is 4.68 Å². The zero-order valence-electron chi connectivity index (χ0n) is 15.7. The lowest BCUT2D eigenvalue weighted by Gasteiger charge is -2.22. The molecule has 0 radical (unpaired) electrons. The lowest BCUT2D eigenvalue weighted by molar-refractivity contribution is 0.453. The van der Waals surface area contributed by atoms with Crippen molar-refractivity contribution in [1.82, 2.24) is 25.1 Å². The van der Waals surface area contributed by atoms with Gasteiger partial charge < -0.3 is 10.6 Å². The molecule has 6 heteroatoms. The second kappa shape index (κ2) is 7.03. The quantitative estimate of drug-likeness (QED) is 0.757. The highest BCUT2D eigenvalue weighted by Gasteiger charge is 2.18. The Morgan fingerprint density at radius 2 is 2.12 bits per heavy atom. The van der Waals surface area contributed by atoms with Crippen molar-refractivity contribution < 1.29 is 0 Å². The number of nitrogens with one attached hydrogen (secondary N) is 2. The van der Waals surface area contributed by atoms with Gasteiger partial charge in [-0.2, -0.15) is 5.10 Å². The second-order valence-electron chi connectivity index (χ2n) is 7.21. The molecule has 0 unspecified atom stereocenters. The molecule has 0 saturated carbocycles. The van der Waals surface area contributed by atoms with Crippen LogP contribution in [-0.2, 0) is 13.6 Å². The van der Waals surface area contributed by atoms with E-state index in [1.54, 1.807) is 0 Å². The molecule has 0 amide bonds. The Bertz CT molecular complexity index is 923. The van der Waals surface area contributed by atoms with Crippen LogP contribution in [0.3, 0.4) is 0 Å². The van der Waals surface area contributed by atoms with Gasteiger partial charge in [-0.05, 0) is 45.4 Å². The first-order chi connectivity index (χ1) is 12.6. The largest absolute Gasteiger partial charge is 0.364 e. The normalized spacial score (nSPS) is 17.6. The molecule has 0 aliphatic carbocycles. The molecule has 2 aromatic heterocycles. The topological polar surface area (TPSA) is 67.7 Å². The Labute approximate surface area is 154 Å². The molecule has 1 atom stereocenters. The van der Waals surface area contributed by atoms with Gasteiger partial charge in [0.15, 0.2) is 0 Å². The fourth-order valence-corrected chi connectivity index (χ4v) is 3.75. The average Bonchev–Trinajstić information content (AvgIpc) is 2.95. The number of aromatic nitrogens is 4. The number of nitrogens with zero attached hydrogens (tertiary/aromatic N) is 4. The van der Waals surface area contributed by atoms with Crippen LogP contribution in [0.4, 0.5) is 5.82 Å². The molecule has 3 heterocycles. The summed E-state index contributed by atoms with van der Waals surface area (Å²) >= 11 is 0. The first-order valence-corrected chi connectivity index (χ1v) is 9.32. The molecule has 6 nitrogen and oxygen atoms in total. The number of fused-ring (bicyclic) bond motifs is 1. The van der Waals surface area contributed by atoms with Crippen LogP contribution in [0.1, 0.15) is 41.5 Å². The van der Waals surface area contributed by atoms with E-state index in [-0.39, 0.29) is 0 Å². The smallest absolute Gasteiger partial charge is 0.130 e. The van der Waals surface area contributed by atoms with E-state index in [0.29, 0.717) is 12.5 Å². The third kappa shape index (κ3) is 3.42. The molecule has 26 heavy (non-hydrogen) atoms. The minimum absolute atomic E-state index is 0.476. The van der Waals surface area contributed by atoms with Gasteiger partial charge in [0.1, 0.15) is 11.6 Å². The Kier molecular flexibility index (Phi) is 4.59. The lowest BCUT2D eigenvalue weighted by Crippen LogP contribution is -2.29. The van der Waals surface area contributed by atoms with Gasteiger partial charge in [0.2, 0.25) is 0 Å². The van der Waals surface area contributed by atoms with E-state index in [9.17, 15) is 0 Å². The zero-order chi connectivity index (χ0) is 18.1. The average molecular weight is 350 g/mol. The van der Waals surface area contributed by atoms with Crippen LogP contribution in [0.15, 0.2) is 24.3 Å². The highest BCUT2D eigenvalue weighted by atomic mass is 15.3. The summed E-state index contributed by atoms with van der Waals surface area (Å²) in [5, 5.41) is 12.8. The molecule has 1 aliphatic heterocycles. The molecule has 1 aliphatic rings. The lowest BCUT2D eigenvalue weighted by atomic mass is 9.96. The number of piperidine rings is 1. The van der Waals surface area contributed by atoms with Crippen molar-refractivity contribution in [2.24, 2.45) is 7.05 Å². The van der Waals surface area contributed by atoms with Crippen LogP contribution in [0, 0.1) is 13.8 Å². The minimum atomic E-state index is 0.476. The summed E-state index contributed by atoms with van der Waals surface area (Å²) in [6, 6.07) is 8.55. The molecule has 1 aromatic carbocycles. The van der Waals surface area contributed by atoms with Crippen LogP contribution >= 0.6 is 0 Å². The summed E-state index contributed by atoms with van der Waals surface area (Å²) in [7, 11) is 1.99. The monoisotopic (exact) mass is 350 g/mol. The SMILES string of the molecule is Cc1ccc2c(c1)c(CNc1cc([C@H]3CCCNC3)nc(C)n1)nn2C. The van der Waals surface area contributed by atoms with Crippen LogP contribution in [-0.4, -0.2) is 32.8 Å². The fraction of sp³-hybridized carbons (Fsp3) is 0.450. The van der Waals surface area contributed by atoms with E-state index >= 15 is 0 Å². The molecule has 1 fully saturated rings. The van der Waals surface area contributed by atoms with Gasteiger partial charge in [-0.15, -0.1) is 0 Å². The summed E-state index contributed by atoms with van der Waals surface area (Å²) in [5.74, 6) is 2.17. The van der Waals surface area contributed by atoms with E-state index in [1.807, 2.05) is 18.7 Å². The van der Waals surface area contributed by atoms with Crippen LogP contribution < -0.4 is 10.6 Å². The Morgan fingerprint density at radius 1 is 1.23 bits per heavy atom. The van der Waals surface area contributed by atoms with Crippen molar-refractivity contribution in [2.45, 2.75) is 39.2 Å². The van der Waals surface area contributed by atoms with Gasteiger partial charge in [-0.1, -0.05) is 11.6 Å². The highest BCUT2D eigenvalue weighted by Crippen LogP contribution is 2.24. The molecule has 0 spiro atoms. The third-order valence-electron chi connectivity index (χ3n) is 5.09. The van der Waals surface area contributed by atoms with Gasteiger partial charge >= 0.3 is 0 Å². The summed E-state index contributed by atoms with van der Waals surface area (Å²) in [6.45, 7) is 6.84. The van der Waals surface area contributed by atoms with E-state index < -0.39 is 0 Å². The number of rotatable bonds is 4. The number of aryl methyl sites for hydroxylation is 3. The number of hydrogen-bond donors (Lipinski definition) is 2. The number of benzene rings is 1. The van der Waals surface area contributed by atoms with Gasteiger partial charge in [0.05, 0.1) is 23.4 Å². The van der Waals surface area contributed by atoms with E-state index in [1.165, 1.54) is 23.8 Å². The Morgan fingerprint density at radius 3 is 2.92 bits per heavy atom. The number of anilines is 1. The maximum absolute atomic E-state index is 4.68. The molecular weight excluding hydrogens is 324 g/mol. The molecule has 1 saturated heterocycles. The van der Waals surface area contributed by atoms with Crippen molar-refractivity contribution in [2.75, 3.05) is 18.4 Å². The zero-order valence-corrected chi connectivity index (χ0v) is 15.7. The standard InChI is InChI=1S/C20H26N6/c1-13-6-7-19-16(9-13)18(25-26(19)3)12-22-20-10-17(23-14(2)24-20)15-5-4-8-21-11-15/h6-7,9-10,15,21H,4-5,8,11-12H2,1-3H3,(H,22,23,24)/t15-/m0/s1. The predicted octanol–water partition coefficient (Wildman–Crippen LogP) is 3.06. The predicted molar refractivity (Wildman–Crippen MR) is 104 cm³/mol. The Hall–Kier alpha value is -2.47. The molecule has 2 N–H and O–H groups in total. The third-order valence-corrected chi connectivity index (χ3v) is 5.09. The summed E-state index contributed by atoms with van der Waals surface area (Å²) in [5.41, 5.74) is 4.58. The fourth-order valence-electron chi connectivity index (χ4n) is 3.75. The first kappa shape index (κ1) is 17.0. The molecule has 3 aromatic rings. The summed E-state index contributed by atoms with van der Waals surface area (Å²) < 4.78 is 1.94. The molecule has 136 valence electrons. The van der Waals surface area contributed by atoms with Crippen molar-refractivity contribution in [1.29, 1.82) is 0 Å². The van der Waals surface area contributed by atoms with E-state index in [0.717, 1.165) is 41.6 Å². The van der Waals surface area contributed by atoms with Gasteiger partial charge in [0.25, 0.3) is 0 Å². The van der Waals surface area contributed by atoms with Crippen LogP contribution in [0.25, 0.3) is 10.9 Å². The van der Waals surface area contributed by atoms with Crippen molar-refractivity contribution in [3.05, 3.63) is 47.0 Å².